The van der Waals surface area contributed by atoms with Gasteiger partial charge in [-0.2, -0.15) is 11.3 Å². The number of rotatable bonds is 5. The van der Waals surface area contributed by atoms with Crippen LogP contribution in [0.4, 0.5) is 10.1 Å². The number of nitrogens with one attached hydrogen (secondary N) is 2. The first kappa shape index (κ1) is 15.7. The van der Waals surface area contributed by atoms with Gasteiger partial charge in [-0.05, 0) is 29.6 Å². The zero-order chi connectivity index (χ0) is 15.2. The minimum absolute atomic E-state index is 0.0748. The van der Waals surface area contributed by atoms with Crippen LogP contribution in [-0.2, 0) is 4.79 Å². The standard InChI is InChI=1S/C14H12BrFN2O2S/c15-10-1-2-12(11(16)7-10)18-13(19)3-5-17-14(20)9-4-6-21-8-9/h1-2,4,6-8H,3,5H2,(H,17,20)(H,18,19). The molecule has 0 spiro atoms. The molecule has 0 saturated carbocycles. The van der Waals surface area contributed by atoms with Crippen LogP contribution in [0.15, 0.2) is 39.5 Å². The first-order valence-electron chi connectivity index (χ1n) is 6.11. The monoisotopic (exact) mass is 370 g/mol. The lowest BCUT2D eigenvalue weighted by molar-refractivity contribution is -0.116. The first-order chi connectivity index (χ1) is 10.1. The van der Waals surface area contributed by atoms with Crippen molar-refractivity contribution in [2.75, 3.05) is 11.9 Å². The molecule has 0 radical (unpaired) electrons. The Labute approximate surface area is 133 Å². The number of carbonyl (C=O) groups is 2. The molecule has 2 rings (SSSR count). The van der Waals surface area contributed by atoms with Crippen LogP contribution in [0.3, 0.4) is 0 Å². The van der Waals surface area contributed by atoms with E-state index in [4.69, 9.17) is 0 Å². The summed E-state index contributed by atoms with van der Waals surface area (Å²) in [6.07, 6.45) is 0.0748. The van der Waals surface area contributed by atoms with Gasteiger partial charge in [-0.1, -0.05) is 15.9 Å². The van der Waals surface area contributed by atoms with Gasteiger partial charge in [-0.25, -0.2) is 4.39 Å². The van der Waals surface area contributed by atoms with Gasteiger partial charge in [0.05, 0.1) is 5.69 Å². The van der Waals surface area contributed by atoms with Crippen LogP contribution in [0.2, 0.25) is 0 Å². The largest absolute Gasteiger partial charge is 0.351 e. The van der Waals surface area contributed by atoms with Gasteiger partial charge in [0.15, 0.2) is 0 Å². The Morgan fingerprint density at radius 3 is 2.76 bits per heavy atom. The molecule has 2 N–H and O–H groups in total. The van der Waals surface area contributed by atoms with Crippen LogP contribution < -0.4 is 10.6 Å². The van der Waals surface area contributed by atoms with E-state index in [2.05, 4.69) is 26.6 Å². The number of amides is 2. The smallest absolute Gasteiger partial charge is 0.252 e. The van der Waals surface area contributed by atoms with Crippen molar-refractivity contribution < 1.29 is 14.0 Å². The third-order valence-electron chi connectivity index (χ3n) is 2.63. The predicted octanol–water partition coefficient (Wildman–Crippen LogP) is 3.41. The number of benzene rings is 1. The molecule has 0 unspecified atom stereocenters. The summed E-state index contributed by atoms with van der Waals surface area (Å²) in [4.78, 5) is 23.3. The fourth-order valence-corrected chi connectivity index (χ4v) is 2.56. The zero-order valence-electron chi connectivity index (χ0n) is 10.9. The third-order valence-corrected chi connectivity index (χ3v) is 3.80. The van der Waals surface area contributed by atoms with Crippen molar-refractivity contribution in [1.82, 2.24) is 5.32 Å². The third kappa shape index (κ3) is 4.64. The van der Waals surface area contributed by atoms with Crippen LogP contribution in [0.25, 0.3) is 0 Å². The lowest BCUT2D eigenvalue weighted by atomic mass is 10.3. The molecule has 0 aliphatic rings. The second-order valence-electron chi connectivity index (χ2n) is 4.19. The maximum absolute atomic E-state index is 13.5. The highest BCUT2D eigenvalue weighted by atomic mass is 79.9. The topological polar surface area (TPSA) is 58.2 Å². The molecule has 0 fully saturated rings. The van der Waals surface area contributed by atoms with Gasteiger partial charge in [0.2, 0.25) is 5.91 Å². The number of thiophene rings is 1. The van der Waals surface area contributed by atoms with Crippen LogP contribution in [0, 0.1) is 5.82 Å². The van der Waals surface area contributed by atoms with Gasteiger partial charge >= 0.3 is 0 Å². The average Bonchev–Trinajstić information content (AvgIpc) is 2.96. The van der Waals surface area contributed by atoms with Gasteiger partial charge in [-0.3, -0.25) is 9.59 Å². The molecule has 21 heavy (non-hydrogen) atoms. The lowest BCUT2D eigenvalue weighted by Crippen LogP contribution is -2.27. The van der Waals surface area contributed by atoms with Crippen molar-refractivity contribution in [3.8, 4) is 0 Å². The van der Waals surface area contributed by atoms with E-state index in [0.717, 1.165) is 0 Å². The van der Waals surface area contributed by atoms with Gasteiger partial charge < -0.3 is 10.6 Å². The molecule has 1 heterocycles. The number of hydrogen-bond donors (Lipinski definition) is 2. The summed E-state index contributed by atoms with van der Waals surface area (Å²) >= 11 is 4.57. The zero-order valence-corrected chi connectivity index (χ0v) is 13.3. The minimum atomic E-state index is -0.514. The molecule has 0 aliphatic heterocycles. The molecule has 1 aromatic heterocycles. The van der Waals surface area contributed by atoms with E-state index in [0.29, 0.717) is 10.0 Å². The predicted molar refractivity (Wildman–Crippen MR) is 84.0 cm³/mol. The SMILES string of the molecule is O=C(CCNC(=O)c1ccsc1)Nc1ccc(Br)cc1F. The molecule has 7 heteroatoms. The number of anilines is 1. The molecule has 4 nitrogen and oxygen atoms in total. The van der Waals surface area contributed by atoms with Crippen LogP contribution >= 0.6 is 27.3 Å². The summed E-state index contributed by atoms with van der Waals surface area (Å²) < 4.78 is 14.1. The molecular formula is C14H12BrFN2O2S. The van der Waals surface area contributed by atoms with E-state index in [1.807, 2.05) is 0 Å². The van der Waals surface area contributed by atoms with Gasteiger partial charge in [0.25, 0.3) is 5.91 Å². The van der Waals surface area contributed by atoms with E-state index < -0.39 is 5.82 Å². The van der Waals surface area contributed by atoms with Crippen LogP contribution in [-0.4, -0.2) is 18.4 Å². The van der Waals surface area contributed by atoms with Crippen molar-refractivity contribution in [3.05, 3.63) is 50.9 Å². The minimum Gasteiger partial charge on any atom is -0.351 e. The second-order valence-corrected chi connectivity index (χ2v) is 5.89. The maximum Gasteiger partial charge on any atom is 0.252 e. The van der Waals surface area contributed by atoms with Crippen LogP contribution in [0.1, 0.15) is 16.8 Å². The Kier molecular flexibility index (Phi) is 5.46. The highest BCUT2D eigenvalue weighted by Gasteiger charge is 2.09. The van der Waals surface area contributed by atoms with Crippen molar-refractivity contribution in [3.63, 3.8) is 0 Å². The molecule has 0 atom stereocenters. The van der Waals surface area contributed by atoms with Crippen molar-refractivity contribution in [2.24, 2.45) is 0 Å². The van der Waals surface area contributed by atoms with E-state index in [1.54, 1.807) is 22.9 Å². The molecule has 0 saturated heterocycles. The Hall–Kier alpha value is -1.73. The Bertz CT molecular complexity index is 646. The Morgan fingerprint density at radius 2 is 2.10 bits per heavy atom. The highest BCUT2D eigenvalue weighted by molar-refractivity contribution is 9.10. The van der Waals surface area contributed by atoms with E-state index in [9.17, 15) is 14.0 Å². The fraction of sp³-hybridized carbons (Fsp3) is 0.143. The van der Waals surface area contributed by atoms with Gasteiger partial charge in [0, 0.05) is 28.4 Å². The van der Waals surface area contributed by atoms with E-state index in [-0.39, 0.29) is 30.5 Å². The number of carbonyl (C=O) groups excluding carboxylic acids is 2. The van der Waals surface area contributed by atoms with Crippen LogP contribution in [0.5, 0.6) is 0 Å². The van der Waals surface area contributed by atoms with Gasteiger partial charge in [0.1, 0.15) is 5.82 Å². The quantitative estimate of drug-likeness (QED) is 0.847. The molecule has 1 aromatic carbocycles. The number of halogens is 2. The molecular weight excluding hydrogens is 359 g/mol. The summed E-state index contributed by atoms with van der Waals surface area (Å²) in [5, 5.41) is 8.63. The highest BCUT2D eigenvalue weighted by Crippen LogP contribution is 2.19. The summed E-state index contributed by atoms with van der Waals surface area (Å²) in [6.45, 7) is 0.193. The summed E-state index contributed by atoms with van der Waals surface area (Å²) in [5.74, 6) is -1.10. The van der Waals surface area contributed by atoms with Crippen molar-refractivity contribution in [1.29, 1.82) is 0 Å². The van der Waals surface area contributed by atoms with E-state index >= 15 is 0 Å². The summed E-state index contributed by atoms with van der Waals surface area (Å²) in [6, 6.07) is 6.09. The normalized spacial score (nSPS) is 10.2. The summed E-state index contributed by atoms with van der Waals surface area (Å²) in [7, 11) is 0. The molecule has 2 aromatic rings. The molecule has 0 bridgehead atoms. The van der Waals surface area contributed by atoms with E-state index in [1.165, 1.54) is 23.5 Å². The van der Waals surface area contributed by atoms with Gasteiger partial charge in [-0.15, -0.1) is 0 Å². The lowest BCUT2D eigenvalue weighted by Gasteiger charge is -2.07. The second kappa shape index (κ2) is 7.33. The van der Waals surface area contributed by atoms with Crippen molar-refractivity contribution in [2.45, 2.75) is 6.42 Å². The molecule has 2 amide bonds. The Balaban J connectivity index is 1.78. The fourth-order valence-electron chi connectivity index (χ4n) is 1.59. The average molecular weight is 371 g/mol. The first-order valence-corrected chi connectivity index (χ1v) is 7.85. The van der Waals surface area contributed by atoms with Crippen molar-refractivity contribution >= 4 is 44.8 Å². The number of hydrogen-bond acceptors (Lipinski definition) is 3. The summed E-state index contributed by atoms with van der Waals surface area (Å²) in [5.41, 5.74) is 0.687. The molecule has 110 valence electrons. The molecule has 0 aliphatic carbocycles. The Morgan fingerprint density at radius 1 is 1.29 bits per heavy atom. The maximum atomic E-state index is 13.5.